The van der Waals surface area contributed by atoms with E-state index in [1.165, 1.54) is 0 Å². The second-order valence-corrected chi connectivity index (χ2v) is 5.64. The van der Waals surface area contributed by atoms with Gasteiger partial charge < -0.3 is 10.2 Å². The van der Waals surface area contributed by atoms with E-state index in [4.69, 9.17) is 0 Å². The van der Waals surface area contributed by atoms with Crippen LogP contribution in [0.3, 0.4) is 0 Å². The number of carbonyl (C=O) groups is 2. The summed E-state index contributed by atoms with van der Waals surface area (Å²) in [5.41, 5.74) is 0.775. The van der Waals surface area contributed by atoms with Crippen molar-refractivity contribution in [1.82, 2.24) is 0 Å². The van der Waals surface area contributed by atoms with Gasteiger partial charge in [0.25, 0.3) is 0 Å². The molecule has 2 aromatic carbocycles. The quantitative estimate of drug-likeness (QED) is 0.807. The van der Waals surface area contributed by atoms with Crippen molar-refractivity contribution < 1.29 is 19.8 Å². The van der Waals surface area contributed by atoms with E-state index in [0.717, 1.165) is 0 Å². The summed E-state index contributed by atoms with van der Waals surface area (Å²) in [6.45, 7) is 0. The van der Waals surface area contributed by atoms with Gasteiger partial charge in [0.1, 0.15) is 0 Å². The number of hydrogen-bond donors (Lipinski definition) is 2. The van der Waals surface area contributed by atoms with Crippen LogP contribution >= 0.6 is 31.9 Å². The first-order valence-corrected chi connectivity index (χ1v) is 7.06. The molecule has 0 amide bonds. The molecule has 0 fully saturated rings. The van der Waals surface area contributed by atoms with Crippen LogP contribution in [0, 0.1) is 0 Å². The SMILES string of the molecule is O=C(O)c1c(Br)cccc1-c1cccc(Br)c1C(=O)O. The molecule has 0 saturated carbocycles. The minimum atomic E-state index is -1.12. The van der Waals surface area contributed by atoms with Gasteiger partial charge in [-0.2, -0.15) is 0 Å². The number of benzene rings is 2. The zero-order chi connectivity index (χ0) is 14.9. The number of carboxylic acids is 2. The summed E-state index contributed by atoms with van der Waals surface area (Å²) in [6.07, 6.45) is 0. The molecule has 0 radical (unpaired) electrons. The lowest BCUT2D eigenvalue weighted by atomic mass is 9.95. The largest absolute Gasteiger partial charge is 0.478 e. The highest BCUT2D eigenvalue weighted by molar-refractivity contribution is 9.10. The molecule has 2 rings (SSSR count). The minimum absolute atomic E-state index is 0.0353. The molecule has 0 aliphatic carbocycles. The highest BCUT2D eigenvalue weighted by Gasteiger charge is 2.21. The molecule has 2 N–H and O–H groups in total. The minimum Gasteiger partial charge on any atom is -0.478 e. The van der Waals surface area contributed by atoms with Crippen molar-refractivity contribution in [3.8, 4) is 11.1 Å². The molecule has 0 heterocycles. The molecule has 0 aliphatic heterocycles. The van der Waals surface area contributed by atoms with Crippen LogP contribution in [0.2, 0.25) is 0 Å². The van der Waals surface area contributed by atoms with Crippen molar-refractivity contribution >= 4 is 43.8 Å². The van der Waals surface area contributed by atoms with Crippen LogP contribution in [-0.4, -0.2) is 22.2 Å². The van der Waals surface area contributed by atoms with Gasteiger partial charge in [-0.25, -0.2) is 9.59 Å². The monoisotopic (exact) mass is 398 g/mol. The van der Waals surface area contributed by atoms with E-state index in [0.29, 0.717) is 20.1 Å². The van der Waals surface area contributed by atoms with Gasteiger partial charge in [-0.05, 0) is 55.1 Å². The summed E-state index contributed by atoms with van der Waals surface area (Å²) >= 11 is 6.37. The van der Waals surface area contributed by atoms with Crippen LogP contribution in [0.25, 0.3) is 11.1 Å². The molecule has 0 bridgehead atoms. The van der Waals surface area contributed by atoms with Crippen molar-refractivity contribution in [1.29, 1.82) is 0 Å². The predicted octanol–water partition coefficient (Wildman–Crippen LogP) is 4.28. The summed E-state index contributed by atoms with van der Waals surface area (Å²) in [7, 11) is 0. The fraction of sp³-hybridized carbons (Fsp3) is 0. The van der Waals surface area contributed by atoms with Gasteiger partial charge in [0.2, 0.25) is 0 Å². The number of rotatable bonds is 3. The maximum absolute atomic E-state index is 11.4. The standard InChI is InChI=1S/C14H8Br2O4/c15-9-5-1-3-7(11(9)13(17)18)8-4-2-6-10(16)12(8)14(19)20/h1-6H,(H,17,18)(H,19,20). The Kier molecular flexibility index (Phi) is 4.25. The van der Waals surface area contributed by atoms with Gasteiger partial charge in [0, 0.05) is 8.95 Å². The molecule has 0 unspecified atom stereocenters. The first kappa shape index (κ1) is 14.7. The van der Waals surface area contributed by atoms with Crippen LogP contribution in [0.4, 0.5) is 0 Å². The molecule has 0 atom stereocenters. The molecule has 0 spiro atoms. The second kappa shape index (κ2) is 5.76. The van der Waals surface area contributed by atoms with Gasteiger partial charge in [0.05, 0.1) is 11.1 Å². The van der Waals surface area contributed by atoms with E-state index in [-0.39, 0.29) is 11.1 Å². The van der Waals surface area contributed by atoms with E-state index >= 15 is 0 Å². The maximum atomic E-state index is 11.4. The highest BCUT2D eigenvalue weighted by atomic mass is 79.9. The lowest BCUT2D eigenvalue weighted by Crippen LogP contribution is -2.05. The lowest BCUT2D eigenvalue weighted by molar-refractivity contribution is 0.0683. The molecule has 0 aromatic heterocycles. The van der Waals surface area contributed by atoms with Gasteiger partial charge in [0.15, 0.2) is 0 Å². The third-order valence-electron chi connectivity index (χ3n) is 2.75. The van der Waals surface area contributed by atoms with Crippen molar-refractivity contribution in [3.05, 3.63) is 56.5 Å². The normalized spacial score (nSPS) is 10.3. The van der Waals surface area contributed by atoms with Crippen LogP contribution in [0.5, 0.6) is 0 Å². The van der Waals surface area contributed by atoms with Crippen LogP contribution < -0.4 is 0 Å². The van der Waals surface area contributed by atoms with Gasteiger partial charge in [-0.15, -0.1) is 0 Å². The molecule has 4 nitrogen and oxygen atoms in total. The summed E-state index contributed by atoms with van der Waals surface area (Å²) in [5.74, 6) is -2.24. The van der Waals surface area contributed by atoms with E-state index in [9.17, 15) is 19.8 Å². The van der Waals surface area contributed by atoms with Crippen LogP contribution in [0.1, 0.15) is 20.7 Å². The average molecular weight is 400 g/mol. The first-order chi connectivity index (χ1) is 9.43. The van der Waals surface area contributed by atoms with Crippen molar-refractivity contribution in [3.63, 3.8) is 0 Å². The molecule has 0 saturated heterocycles. The van der Waals surface area contributed by atoms with E-state index in [1.807, 2.05) is 0 Å². The number of halogens is 2. The summed E-state index contributed by atoms with van der Waals surface area (Å²) < 4.78 is 0.803. The van der Waals surface area contributed by atoms with E-state index in [1.54, 1.807) is 36.4 Å². The number of carboxylic acid groups (broad SMARTS) is 2. The van der Waals surface area contributed by atoms with Crippen molar-refractivity contribution in [2.24, 2.45) is 0 Å². The van der Waals surface area contributed by atoms with Crippen molar-refractivity contribution in [2.75, 3.05) is 0 Å². The van der Waals surface area contributed by atoms with Crippen molar-refractivity contribution in [2.45, 2.75) is 0 Å². The van der Waals surface area contributed by atoms with E-state index in [2.05, 4.69) is 31.9 Å². The molecular weight excluding hydrogens is 392 g/mol. The number of hydrogen-bond acceptors (Lipinski definition) is 2. The van der Waals surface area contributed by atoms with Gasteiger partial charge >= 0.3 is 11.9 Å². The zero-order valence-electron chi connectivity index (χ0n) is 9.93. The summed E-state index contributed by atoms with van der Waals surface area (Å²) in [6, 6.07) is 9.71. The maximum Gasteiger partial charge on any atom is 0.337 e. The van der Waals surface area contributed by atoms with Crippen LogP contribution in [-0.2, 0) is 0 Å². The van der Waals surface area contributed by atoms with Crippen LogP contribution in [0.15, 0.2) is 45.3 Å². The second-order valence-electron chi connectivity index (χ2n) is 3.94. The Morgan fingerprint density at radius 1 is 0.750 bits per heavy atom. The molecule has 20 heavy (non-hydrogen) atoms. The first-order valence-electron chi connectivity index (χ1n) is 5.47. The fourth-order valence-electron chi connectivity index (χ4n) is 1.93. The Labute approximate surface area is 131 Å². The third kappa shape index (κ3) is 2.62. The molecule has 0 aliphatic rings. The predicted molar refractivity (Wildman–Crippen MR) is 81.2 cm³/mol. The molecule has 102 valence electrons. The Balaban J connectivity index is 2.83. The van der Waals surface area contributed by atoms with Gasteiger partial charge in [-0.1, -0.05) is 24.3 Å². The summed E-state index contributed by atoms with van der Waals surface area (Å²) in [4.78, 5) is 22.8. The fourth-order valence-corrected chi connectivity index (χ4v) is 3.00. The van der Waals surface area contributed by atoms with E-state index < -0.39 is 11.9 Å². The average Bonchev–Trinajstić information content (AvgIpc) is 2.37. The number of aromatic carboxylic acids is 2. The lowest BCUT2D eigenvalue weighted by Gasteiger charge is -2.12. The van der Waals surface area contributed by atoms with Gasteiger partial charge in [-0.3, -0.25) is 0 Å². The third-order valence-corrected chi connectivity index (χ3v) is 4.07. The zero-order valence-corrected chi connectivity index (χ0v) is 13.1. The Hall–Kier alpha value is -1.66. The molecule has 2 aromatic rings. The Morgan fingerprint density at radius 3 is 1.40 bits per heavy atom. The smallest absolute Gasteiger partial charge is 0.337 e. The molecular formula is C14H8Br2O4. The highest BCUT2D eigenvalue weighted by Crippen LogP contribution is 2.34. The summed E-state index contributed by atoms with van der Waals surface area (Å²) in [5, 5.41) is 18.6. The Morgan fingerprint density at radius 2 is 1.10 bits per heavy atom. The molecule has 6 heteroatoms. The Bertz CT molecular complexity index is 649. The topological polar surface area (TPSA) is 74.6 Å².